The molecular formula is C7H8F3NO2S. The number of hydrogen-bond acceptors (Lipinski definition) is 4. The second-order valence-corrected chi connectivity index (χ2v) is 3.49. The fraction of sp³-hybridized carbons (Fsp3) is 0.571. The predicted molar refractivity (Wildman–Crippen MR) is 43.8 cm³/mol. The van der Waals surface area contributed by atoms with Crippen LogP contribution >= 0.6 is 11.3 Å². The van der Waals surface area contributed by atoms with Crippen molar-refractivity contribution in [2.24, 2.45) is 0 Å². The molecule has 0 saturated heterocycles. The van der Waals surface area contributed by atoms with E-state index in [0.29, 0.717) is 5.01 Å². The number of thiazole rings is 1. The zero-order valence-corrected chi connectivity index (χ0v) is 8.02. The molecule has 1 N–H and O–H groups in total. The van der Waals surface area contributed by atoms with Crippen molar-refractivity contribution in [2.45, 2.75) is 18.9 Å². The highest BCUT2D eigenvalue weighted by molar-refractivity contribution is 7.09. The maximum absolute atomic E-state index is 12.0. The number of aliphatic hydroxyl groups excluding tert-OH is 1. The zero-order chi connectivity index (χ0) is 10.8. The highest BCUT2D eigenvalue weighted by Crippen LogP contribution is 2.32. The molecule has 0 bridgehead atoms. The van der Waals surface area contributed by atoms with Crippen LogP contribution in [-0.4, -0.2) is 23.4 Å². The third-order valence-electron chi connectivity index (χ3n) is 1.43. The Labute approximate surface area is 82.2 Å². The monoisotopic (exact) mass is 227 g/mol. The van der Waals surface area contributed by atoms with Crippen molar-refractivity contribution >= 4 is 11.3 Å². The summed E-state index contributed by atoms with van der Waals surface area (Å²) in [4.78, 5) is 3.59. The highest BCUT2D eigenvalue weighted by atomic mass is 32.1. The van der Waals surface area contributed by atoms with Crippen LogP contribution in [0.15, 0.2) is 5.38 Å². The van der Waals surface area contributed by atoms with Crippen LogP contribution in [0.25, 0.3) is 0 Å². The average molecular weight is 227 g/mol. The number of alkyl halides is 3. The summed E-state index contributed by atoms with van der Waals surface area (Å²) in [6.07, 6.45) is -7.18. The average Bonchev–Trinajstić information content (AvgIpc) is 2.50. The van der Waals surface area contributed by atoms with Gasteiger partial charge in [0.05, 0.1) is 12.3 Å². The van der Waals surface area contributed by atoms with Gasteiger partial charge in [-0.2, -0.15) is 13.2 Å². The number of methoxy groups -OCH3 is 1. The van der Waals surface area contributed by atoms with Crippen LogP contribution in [0.3, 0.4) is 0 Å². The highest BCUT2D eigenvalue weighted by Gasteiger charge is 2.40. The Balaban J connectivity index is 2.76. The number of nitrogens with zero attached hydrogens (tertiary/aromatic N) is 1. The van der Waals surface area contributed by atoms with Gasteiger partial charge >= 0.3 is 6.18 Å². The van der Waals surface area contributed by atoms with E-state index in [9.17, 15) is 13.2 Å². The minimum Gasteiger partial charge on any atom is -0.378 e. The molecule has 0 radical (unpaired) electrons. The van der Waals surface area contributed by atoms with Gasteiger partial charge in [-0.3, -0.25) is 0 Å². The summed E-state index contributed by atoms with van der Waals surface area (Å²) in [5, 5.41) is 10.4. The molecule has 0 unspecified atom stereocenters. The van der Waals surface area contributed by atoms with Gasteiger partial charge in [0.25, 0.3) is 0 Å². The molecule has 80 valence electrons. The summed E-state index contributed by atoms with van der Waals surface area (Å²) < 4.78 is 40.7. The lowest BCUT2D eigenvalue weighted by molar-refractivity contribution is -0.207. The van der Waals surface area contributed by atoms with Crippen LogP contribution in [0.1, 0.15) is 16.8 Å². The van der Waals surface area contributed by atoms with Gasteiger partial charge in [-0.25, -0.2) is 4.98 Å². The van der Waals surface area contributed by atoms with Gasteiger partial charge in [-0.05, 0) is 0 Å². The van der Waals surface area contributed by atoms with E-state index >= 15 is 0 Å². The maximum Gasteiger partial charge on any atom is 0.420 e. The van der Waals surface area contributed by atoms with Gasteiger partial charge < -0.3 is 9.84 Å². The lowest BCUT2D eigenvalue weighted by Crippen LogP contribution is -2.20. The van der Waals surface area contributed by atoms with E-state index in [1.54, 1.807) is 0 Å². The van der Waals surface area contributed by atoms with Crippen molar-refractivity contribution in [3.63, 3.8) is 0 Å². The Morgan fingerprint density at radius 3 is 2.79 bits per heavy atom. The molecule has 14 heavy (non-hydrogen) atoms. The molecule has 1 rings (SSSR count). The van der Waals surface area contributed by atoms with Crippen molar-refractivity contribution in [1.29, 1.82) is 0 Å². The Bertz CT molecular complexity index is 299. The Kier molecular flexibility index (Phi) is 3.46. The maximum atomic E-state index is 12.0. The summed E-state index contributed by atoms with van der Waals surface area (Å²) in [5.41, 5.74) is -0.380. The summed E-state index contributed by atoms with van der Waals surface area (Å²) >= 11 is 1.02. The fourth-order valence-electron chi connectivity index (χ4n) is 0.808. The van der Waals surface area contributed by atoms with Crippen molar-refractivity contribution in [2.75, 3.05) is 7.11 Å². The molecule has 0 aliphatic heterocycles. The van der Waals surface area contributed by atoms with E-state index < -0.39 is 12.3 Å². The lowest BCUT2D eigenvalue weighted by atomic mass is 10.3. The van der Waals surface area contributed by atoms with Gasteiger partial charge in [0.15, 0.2) is 6.10 Å². The Hall–Kier alpha value is -0.660. The number of rotatable bonds is 3. The minimum atomic E-state index is -4.67. The minimum absolute atomic E-state index is 0.148. The molecule has 1 heterocycles. The summed E-state index contributed by atoms with van der Waals surface area (Å²) in [6, 6.07) is 0. The number of ether oxygens (including phenoxy) is 1. The van der Waals surface area contributed by atoms with Crippen molar-refractivity contribution in [3.05, 3.63) is 16.1 Å². The Morgan fingerprint density at radius 1 is 1.64 bits per heavy atom. The van der Waals surface area contributed by atoms with Crippen molar-refractivity contribution in [3.8, 4) is 0 Å². The molecule has 7 heteroatoms. The standard InChI is InChI=1S/C7H8F3NO2S/c1-13-2-5-11-4(3-14-5)6(12)7(8,9)10/h3,6,12H,2H2,1H3/t6-/m0/s1. The first-order valence-corrected chi connectivity index (χ1v) is 4.51. The fourth-order valence-corrected chi connectivity index (χ4v) is 1.59. The van der Waals surface area contributed by atoms with Crippen molar-refractivity contribution in [1.82, 2.24) is 4.98 Å². The molecule has 0 aliphatic carbocycles. The van der Waals surface area contributed by atoms with Crippen LogP contribution in [-0.2, 0) is 11.3 Å². The molecule has 3 nitrogen and oxygen atoms in total. The van der Waals surface area contributed by atoms with Gasteiger partial charge in [0, 0.05) is 12.5 Å². The molecule has 0 amide bonds. The summed E-state index contributed by atoms with van der Waals surface area (Å²) in [5.74, 6) is 0. The Morgan fingerprint density at radius 2 is 2.29 bits per heavy atom. The van der Waals surface area contributed by atoms with Crippen LogP contribution in [0, 0.1) is 0 Å². The van der Waals surface area contributed by atoms with Gasteiger partial charge in [-0.1, -0.05) is 0 Å². The molecular weight excluding hydrogens is 219 g/mol. The SMILES string of the molecule is COCc1nc([C@H](O)C(F)(F)F)cs1. The second kappa shape index (κ2) is 4.24. The number of aliphatic hydroxyl groups is 1. The molecule has 1 atom stereocenters. The first-order valence-electron chi connectivity index (χ1n) is 3.63. The largest absolute Gasteiger partial charge is 0.420 e. The third-order valence-corrected chi connectivity index (χ3v) is 2.27. The smallest absolute Gasteiger partial charge is 0.378 e. The first-order chi connectivity index (χ1) is 6.45. The van der Waals surface area contributed by atoms with Crippen LogP contribution < -0.4 is 0 Å². The molecule has 0 spiro atoms. The third kappa shape index (κ3) is 2.66. The van der Waals surface area contributed by atoms with Crippen LogP contribution in [0.4, 0.5) is 13.2 Å². The lowest BCUT2D eigenvalue weighted by Gasteiger charge is -2.11. The van der Waals surface area contributed by atoms with E-state index in [1.165, 1.54) is 12.5 Å². The number of aromatic nitrogens is 1. The molecule has 0 fully saturated rings. The van der Waals surface area contributed by atoms with Crippen LogP contribution in [0.2, 0.25) is 0 Å². The molecule has 0 saturated carbocycles. The molecule has 1 aromatic rings. The predicted octanol–water partition coefficient (Wildman–Crippen LogP) is 1.89. The topological polar surface area (TPSA) is 42.4 Å². The van der Waals surface area contributed by atoms with Gasteiger partial charge in [0.1, 0.15) is 5.01 Å². The zero-order valence-electron chi connectivity index (χ0n) is 7.21. The van der Waals surface area contributed by atoms with E-state index in [-0.39, 0.29) is 12.3 Å². The van der Waals surface area contributed by atoms with Gasteiger partial charge in [0.2, 0.25) is 0 Å². The van der Waals surface area contributed by atoms with E-state index in [1.807, 2.05) is 0 Å². The molecule has 1 aromatic heterocycles. The van der Waals surface area contributed by atoms with Crippen molar-refractivity contribution < 1.29 is 23.0 Å². The van der Waals surface area contributed by atoms with E-state index in [2.05, 4.69) is 4.98 Å². The number of halogens is 3. The van der Waals surface area contributed by atoms with Gasteiger partial charge in [-0.15, -0.1) is 11.3 Å². The first kappa shape index (κ1) is 11.4. The second-order valence-electron chi connectivity index (χ2n) is 2.54. The van der Waals surface area contributed by atoms with E-state index in [0.717, 1.165) is 11.3 Å². The molecule has 0 aromatic carbocycles. The normalized spacial score (nSPS) is 14.4. The number of hydrogen-bond donors (Lipinski definition) is 1. The van der Waals surface area contributed by atoms with E-state index in [4.69, 9.17) is 9.84 Å². The summed E-state index contributed by atoms with van der Waals surface area (Å²) in [6.45, 7) is 0.148. The summed E-state index contributed by atoms with van der Waals surface area (Å²) in [7, 11) is 1.42. The molecule has 0 aliphatic rings. The van der Waals surface area contributed by atoms with Crippen LogP contribution in [0.5, 0.6) is 0 Å². The quantitative estimate of drug-likeness (QED) is 0.857.